The summed E-state index contributed by atoms with van der Waals surface area (Å²) < 4.78 is 0. The largest absolute Gasteiger partial charge is 0.352 e. The molecular formula is C11H18N2O3S. The molecule has 2 amide bonds. The first-order chi connectivity index (χ1) is 8.20. The van der Waals surface area contributed by atoms with Crippen molar-refractivity contribution in [2.75, 3.05) is 5.75 Å². The number of nitrogens with one attached hydrogen (secondary N) is 2. The van der Waals surface area contributed by atoms with Crippen molar-refractivity contribution in [3.05, 3.63) is 0 Å². The number of carbonyl (C=O) groups is 2. The molecule has 2 saturated heterocycles. The van der Waals surface area contributed by atoms with Crippen molar-refractivity contribution >= 4 is 23.6 Å². The fourth-order valence-corrected chi connectivity index (χ4v) is 4.27. The van der Waals surface area contributed by atoms with E-state index >= 15 is 0 Å². The molecule has 0 aromatic heterocycles. The number of hydrogen-bond acceptors (Lipinski definition) is 4. The van der Waals surface area contributed by atoms with Gasteiger partial charge < -0.3 is 5.32 Å². The van der Waals surface area contributed by atoms with Crippen molar-refractivity contribution in [2.24, 2.45) is 5.92 Å². The molecule has 3 atom stereocenters. The Hall–Kier alpha value is -0.750. The molecule has 96 valence electrons. The van der Waals surface area contributed by atoms with Crippen LogP contribution >= 0.6 is 11.8 Å². The third-order valence-electron chi connectivity index (χ3n) is 3.52. The van der Waals surface area contributed by atoms with Gasteiger partial charge in [0.1, 0.15) is 0 Å². The van der Waals surface area contributed by atoms with Gasteiger partial charge in [0, 0.05) is 35.8 Å². The summed E-state index contributed by atoms with van der Waals surface area (Å²) in [6.45, 7) is 0. The second-order valence-electron chi connectivity index (χ2n) is 4.69. The molecular weight excluding hydrogens is 240 g/mol. The molecule has 2 heterocycles. The van der Waals surface area contributed by atoms with Gasteiger partial charge in [-0.1, -0.05) is 6.42 Å². The first-order valence-corrected chi connectivity index (χ1v) is 7.09. The van der Waals surface area contributed by atoms with Crippen LogP contribution in [0, 0.1) is 5.92 Å². The molecule has 0 saturated carbocycles. The fraction of sp³-hybridized carbons (Fsp3) is 0.818. The molecule has 3 N–H and O–H groups in total. The smallest absolute Gasteiger partial charge is 0.243 e. The Morgan fingerprint density at radius 1 is 1.53 bits per heavy atom. The fourth-order valence-electron chi connectivity index (χ4n) is 2.62. The van der Waals surface area contributed by atoms with Crippen LogP contribution in [0.2, 0.25) is 0 Å². The molecule has 2 fully saturated rings. The number of fused-ring (bicyclic) bond motifs is 1. The van der Waals surface area contributed by atoms with Crippen molar-refractivity contribution in [3.63, 3.8) is 0 Å². The summed E-state index contributed by atoms with van der Waals surface area (Å²) >= 11 is 1.94. The van der Waals surface area contributed by atoms with E-state index in [1.165, 1.54) is 0 Å². The van der Waals surface area contributed by atoms with Crippen molar-refractivity contribution in [2.45, 2.75) is 43.4 Å². The lowest BCUT2D eigenvalue weighted by Crippen LogP contribution is -2.29. The maximum atomic E-state index is 11.3. The maximum Gasteiger partial charge on any atom is 0.243 e. The minimum Gasteiger partial charge on any atom is -0.352 e. The Labute approximate surface area is 105 Å². The number of unbranched alkanes of at least 4 members (excludes halogenated alkanes) is 1. The molecule has 2 aliphatic rings. The van der Waals surface area contributed by atoms with Crippen LogP contribution in [-0.2, 0) is 9.59 Å². The zero-order chi connectivity index (χ0) is 12.3. The zero-order valence-electron chi connectivity index (χ0n) is 9.65. The van der Waals surface area contributed by atoms with E-state index in [4.69, 9.17) is 5.21 Å². The number of amides is 2. The molecule has 0 spiro atoms. The van der Waals surface area contributed by atoms with Crippen LogP contribution in [0.15, 0.2) is 0 Å². The van der Waals surface area contributed by atoms with Gasteiger partial charge >= 0.3 is 0 Å². The number of thioether (sulfide) groups is 1. The summed E-state index contributed by atoms with van der Waals surface area (Å²) in [7, 11) is 0. The molecule has 3 unspecified atom stereocenters. The molecule has 0 aromatic rings. The topological polar surface area (TPSA) is 78.4 Å². The summed E-state index contributed by atoms with van der Waals surface area (Å²) in [6.07, 6.45) is 3.86. The van der Waals surface area contributed by atoms with Gasteiger partial charge in [-0.15, -0.1) is 0 Å². The SMILES string of the molecule is O=C(CCCCC1SCC2NC(=O)CC21)NO. The van der Waals surface area contributed by atoms with Crippen LogP contribution < -0.4 is 10.8 Å². The van der Waals surface area contributed by atoms with Gasteiger partial charge in [-0.05, 0) is 12.8 Å². The van der Waals surface area contributed by atoms with E-state index in [1.807, 2.05) is 11.8 Å². The normalized spacial score (nSPS) is 31.1. The summed E-state index contributed by atoms with van der Waals surface area (Å²) in [5.41, 5.74) is 1.64. The van der Waals surface area contributed by atoms with Gasteiger partial charge in [0.2, 0.25) is 11.8 Å². The molecule has 2 aliphatic heterocycles. The summed E-state index contributed by atoms with van der Waals surface area (Å²) in [5.74, 6) is 1.38. The standard InChI is InChI=1S/C11H18N2O3S/c14-10(13-16)4-2-1-3-9-7-5-11(15)12-8(7)6-17-9/h7-9,16H,1-6H2,(H,12,15)(H,13,14). The first-order valence-electron chi connectivity index (χ1n) is 6.04. The minimum absolute atomic E-state index is 0.185. The number of hydroxylamine groups is 1. The highest BCUT2D eigenvalue weighted by atomic mass is 32.2. The van der Waals surface area contributed by atoms with E-state index in [0.717, 1.165) is 25.0 Å². The van der Waals surface area contributed by atoms with E-state index in [1.54, 1.807) is 5.48 Å². The Morgan fingerprint density at radius 2 is 2.35 bits per heavy atom. The molecule has 6 heteroatoms. The van der Waals surface area contributed by atoms with Gasteiger partial charge in [-0.25, -0.2) is 5.48 Å². The van der Waals surface area contributed by atoms with Crippen LogP contribution in [-0.4, -0.2) is 34.1 Å². The van der Waals surface area contributed by atoms with Crippen LogP contribution in [0.4, 0.5) is 0 Å². The summed E-state index contributed by atoms with van der Waals surface area (Å²) in [5, 5.41) is 11.9. The second kappa shape index (κ2) is 5.73. The lowest BCUT2D eigenvalue weighted by molar-refractivity contribution is -0.129. The van der Waals surface area contributed by atoms with E-state index in [9.17, 15) is 9.59 Å². The average molecular weight is 258 g/mol. The summed E-state index contributed by atoms with van der Waals surface area (Å²) in [6, 6.07) is 0.373. The zero-order valence-corrected chi connectivity index (χ0v) is 10.5. The number of carbonyl (C=O) groups excluding carboxylic acids is 2. The maximum absolute atomic E-state index is 11.3. The molecule has 17 heavy (non-hydrogen) atoms. The van der Waals surface area contributed by atoms with Crippen molar-refractivity contribution < 1.29 is 14.8 Å². The molecule has 5 nitrogen and oxygen atoms in total. The van der Waals surface area contributed by atoms with Crippen molar-refractivity contribution in [1.29, 1.82) is 0 Å². The Bertz CT molecular complexity index is 311. The van der Waals surface area contributed by atoms with Crippen LogP contribution in [0.3, 0.4) is 0 Å². The minimum atomic E-state index is -0.320. The average Bonchev–Trinajstić information content (AvgIpc) is 2.84. The number of hydrogen-bond donors (Lipinski definition) is 3. The summed E-state index contributed by atoms with van der Waals surface area (Å²) in [4.78, 5) is 22.1. The molecule has 0 radical (unpaired) electrons. The van der Waals surface area contributed by atoms with Gasteiger partial charge in [-0.2, -0.15) is 11.8 Å². The molecule has 2 rings (SSSR count). The Morgan fingerprint density at radius 3 is 3.12 bits per heavy atom. The van der Waals surface area contributed by atoms with Crippen LogP contribution in [0.1, 0.15) is 32.1 Å². The highest BCUT2D eigenvalue weighted by Gasteiger charge is 2.42. The van der Waals surface area contributed by atoms with Crippen LogP contribution in [0.25, 0.3) is 0 Å². The third-order valence-corrected chi connectivity index (χ3v) is 5.08. The van der Waals surface area contributed by atoms with Gasteiger partial charge in [0.15, 0.2) is 0 Å². The Balaban J connectivity index is 1.66. The highest BCUT2D eigenvalue weighted by molar-refractivity contribution is 8.00. The Kier molecular flexibility index (Phi) is 4.28. The molecule has 0 aromatic carbocycles. The van der Waals surface area contributed by atoms with Gasteiger partial charge in [0.25, 0.3) is 0 Å². The van der Waals surface area contributed by atoms with E-state index in [2.05, 4.69) is 5.32 Å². The quantitative estimate of drug-likeness (QED) is 0.385. The first kappa shape index (κ1) is 12.7. The van der Waals surface area contributed by atoms with Crippen LogP contribution in [0.5, 0.6) is 0 Å². The van der Waals surface area contributed by atoms with Gasteiger partial charge in [0.05, 0.1) is 0 Å². The van der Waals surface area contributed by atoms with Crippen molar-refractivity contribution in [3.8, 4) is 0 Å². The van der Waals surface area contributed by atoms with E-state index in [0.29, 0.717) is 30.1 Å². The van der Waals surface area contributed by atoms with E-state index < -0.39 is 0 Å². The second-order valence-corrected chi connectivity index (χ2v) is 5.97. The lowest BCUT2D eigenvalue weighted by atomic mass is 9.94. The van der Waals surface area contributed by atoms with Crippen molar-refractivity contribution in [1.82, 2.24) is 10.8 Å². The lowest BCUT2D eigenvalue weighted by Gasteiger charge is -2.15. The monoisotopic (exact) mass is 258 g/mol. The molecule has 0 aliphatic carbocycles. The highest BCUT2D eigenvalue weighted by Crippen LogP contribution is 2.40. The number of rotatable bonds is 5. The van der Waals surface area contributed by atoms with Gasteiger partial charge in [-0.3, -0.25) is 14.8 Å². The predicted molar refractivity (Wildman–Crippen MR) is 64.7 cm³/mol. The molecule has 0 bridgehead atoms. The van der Waals surface area contributed by atoms with E-state index in [-0.39, 0.29) is 11.8 Å². The third kappa shape index (κ3) is 3.13. The predicted octanol–water partition coefficient (Wildman–Crippen LogP) is 0.672.